The maximum absolute atomic E-state index is 10.9. The van der Waals surface area contributed by atoms with Crippen molar-refractivity contribution in [2.45, 2.75) is 6.92 Å². The molecule has 1 heterocycles. The van der Waals surface area contributed by atoms with Gasteiger partial charge in [0.15, 0.2) is 0 Å². The summed E-state index contributed by atoms with van der Waals surface area (Å²) in [4.78, 5) is 12.6. The van der Waals surface area contributed by atoms with Crippen molar-refractivity contribution < 1.29 is 49.6 Å². The van der Waals surface area contributed by atoms with Crippen LogP contribution in [-0.2, 0) is 9.09 Å². The van der Waals surface area contributed by atoms with Gasteiger partial charge < -0.3 is 6.05 Å². The molecule has 8 heteroatoms. The summed E-state index contributed by atoms with van der Waals surface area (Å²) in [6, 6.07) is 0. The van der Waals surface area contributed by atoms with E-state index in [1.54, 1.807) is 6.92 Å². The summed E-state index contributed by atoms with van der Waals surface area (Å²) in [6.07, 6.45) is 4.07. The minimum Gasteiger partial charge on any atom is -1.00 e. The molecule has 0 aliphatic heterocycles. The van der Waals surface area contributed by atoms with Gasteiger partial charge in [0.2, 0.25) is 0 Å². The SMILES string of the molecule is CCOP(=O)(O)On1ccnc1.[H-].[Na+]. The second-order valence-corrected chi connectivity index (χ2v) is 3.25. The van der Waals surface area contributed by atoms with E-state index >= 15 is 0 Å². The first-order valence-electron chi connectivity index (χ1n) is 3.29. The van der Waals surface area contributed by atoms with E-state index < -0.39 is 7.82 Å². The molecule has 70 valence electrons. The molecule has 0 aromatic carbocycles. The van der Waals surface area contributed by atoms with Crippen LogP contribution in [0.2, 0.25) is 0 Å². The van der Waals surface area contributed by atoms with Crippen molar-refractivity contribution in [1.82, 2.24) is 9.71 Å². The first-order valence-corrected chi connectivity index (χ1v) is 4.79. The van der Waals surface area contributed by atoms with Crippen LogP contribution in [0.15, 0.2) is 18.7 Å². The zero-order chi connectivity index (χ0) is 9.03. The normalized spacial score (nSPS) is 14.3. The van der Waals surface area contributed by atoms with Crippen LogP contribution in [0.25, 0.3) is 0 Å². The topological polar surface area (TPSA) is 73.6 Å². The molecule has 0 radical (unpaired) electrons. The van der Waals surface area contributed by atoms with E-state index in [0.29, 0.717) is 0 Å². The monoisotopic (exact) mass is 216 g/mol. The number of aromatic nitrogens is 2. The molecule has 0 aliphatic carbocycles. The molecule has 0 bridgehead atoms. The molecular weight excluding hydrogens is 206 g/mol. The molecular formula is C5H10N2NaO4P. The average Bonchev–Trinajstić information content (AvgIpc) is 2.38. The molecule has 6 nitrogen and oxygen atoms in total. The van der Waals surface area contributed by atoms with Crippen LogP contribution < -0.4 is 34.2 Å². The predicted molar refractivity (Wildman–Crippen MR) is 41.4 cm³/mol. The Kier molecular flexibility index (Phi) is 5.87. The summed E-state index contributed by atoms with van der Waals surface area (Å²) in [5.74, 6) is 0. The molecule has 1 unspecified atom stereocenters. The van der Waals surface area contributed by atoms with Crippen molar-refractivity contribution in [3.8, 4) is 0 Å². The standard InChI is InChI=1S/C5H9N2O4P.Na.H/c1-2-10-12(8,9)11-7-4-3-6-5-7;;/h3-5H,2H2,1H3,(H,8,9);;/q;+1;-1. The van der Waals surface area contributed by atoms with Crippen LogP contribution in [0.4, 0.5) is 0 Å². The van der Waals surface area contributed by atoms with E-state index in [2.05, 4.69) is 14.1 Å². The minimum absolute atomic E-state index is 0. The van der Waals surface area contributed by atoms with Gasteiger partial charge in [0, 0.05) is 6.20 Å². The van der Waals surface area contributed by atoms with E-state index in [0.717, 1.165) is 4.73 Å². The van der Waals surface area contributed by atoms with Gasteiger partial charge in [-0.2, -0.15) is 4.73 Å². The number of rotatable bonds is 4. The van der Waals surface area contributed by atoms with Gasteiger partial charge in [-0.1, -0.05) is 0 Å². The van der Waals surface area contributed by atoms with Gasteiger partial charge in [-0.3, -0.25) is 9.42 Å². The number of nitrogens with zero attached hydrogens (tertiary/aromatic N) is 2. The second kappa shape index (κ2) is 5.80. The molecule has 0 aliphatic rings. The van der Waals surface area contributed by atoms with E-state index in [1.807, 2.05) is 0 Å². The summed E-state index contributed by atoms with van der Waals surface area (Å²) in [7, 11) is -3.96. The van der Waals surface area contributed by atoms with Crippen LogP contribution in [0, 0.1) is 0 Å². The molecule has 1 N–H and O–H groups in total. The summed E-state index contributed by atoms with van der Waals surface area (Å²) in [6.45, 7) is 1.71. The largest absolute Gasteiger partial charge is 1.00 e. The van der Waals surface area contributed by atoms with Gasteiger partial charge >= 0.3 is 37.4 Å². The maximum atomic E-state index is 10.9. The van der Waals surface area contributed by atoms with Crippen LogP contribution in [0.3, 0.4) is 0 Å². The Morgan fingerprint density at radius 2 is 2.46 bits per heavy atom. The van der Waals surface area contributed by atoms with E-state index in [9.17, 15) is 4.57 Å². The number of imidazole rings is 1. The van der Waals surface area contributed by atoms with E-state index in [4.69, 9.17) is 4.89 Å². The van der Waals surface area contributed by atoms with Crippen LogP contribution in [0.1, 0.15) is 8.35 Å². The Morgan fingerprint density at radius 1 is 1.77 bits per heavy atom. The third kappa shape index (κ3) is 4.81. The van der Waals surface area contributed by atoms with Crippen molar-refractivity contribution in [3.05, 3.63) is 18.7 Å². The Labute approximate surface area is 99.2 Å². The van der Waals surface area contributed by atoms with Gasteiger partial charge in [0.1, 0.15) is 6.33 Å². The van der Waals surface area contributed by atoms with Crippen LogP contribution in [-0.4, -0.2) is 21.2 Å². The van der Waals surface area contributed by atoms with Crippen molar-refractivity contribution in [3.63, 3.8) is 0 Å². The summed E-state index contributed by atoms with van der Waals surface area (Å²) < 4.78 is 20.9. The van der Waals surface area contributed by atoms with Crippen molar-refractivity contribution in [2.24, 2.45) is 0 Å². The Hall–Kier alpha value is 0.160. The van der Waals surface area contributed by atoms with Gasteiger partial charge in [-0.15, -0.1) is 0 Å². The molecule has 0 saturated heterocycles. The van der Waals surface area contributed by atoms with E-state index in [-0.39, 0.29) is 37.6 Å². The first kappa shape index (κ1) is 13.2. The van der Waals surface area contributed by atoms with Gasteiger partial charge in [0.25, 0.3) is 0 Å². The smallest absolute Gasteiger partial charge is 1.00 e. The average molecular weight is 216 g/mol. The number of hydrogen-bond acceptors (Lipinski definition) is 4. The van der Waals surface area contributed by atoms with Crippen molar-refractivity contribution in [2.75, 3.05) is 6.61 Å². The molecule has 0 saturated carbocycles. The summed E-state index contributed by atoms with van der Waals surface area (Å²) >= 11 is 0. The third-order valence-corrected chi connectivity index (χ3v) is 1.95. The zero-order valence-electron chi connectivity index (χ0n) is 8.45. The van der Waals surface area contributed by atoms with Gasteiger partial charge in [0.05, 0.1) is 12.8 Å². The van der Waals surface area contributed by atoms with Crippen LogP contribution in [0.5, 0.6) is 0 Å². The van der Waals surface area contributed by atoms with Crippen molar-refractivity contribution in [1.29, 1.82) is 0 Å². The fourth-order valence-corrected chi connectivity index (χ4v) is 1.31. The third-order valence-electron chi connectivity index (χ3n) is 0.970. The van der Waals surface area contributed by atoms with Crippen LogP contribution >= 0.6 is 7.82 Å². The second-order valence-electron chi connectivity index (χ2n) is 1.89. The number of phosphoric acid groups is 1. The van der Waals surface area contributed by atoms with Gasteiger partial charge in [-0.25, -0.2) is 9.55 Å². The summed E-state index contributed by atoms with van der Waals surface area (Å²) in [5.41, 5.74) is 0. The zero-order valence-corrected chi connectivity index (χ0v) is 10.3. The Balaban J connectivity index is 0. The first-order chi connectivity index (χ1) is 5.64. The molecule has 0 spiro atoms. The molecule has 1 aromatic rings. The number of phosphoric ester groups is 1. The molecule has 0 fully saturated rings. The summed E-state index contributed by atoms with van der Waals surface area (Å²) in [5, 5.41) is 0. The molecule has 1 atom stereocenters. The van der Waals surface area contributed by atoms with Gasteiger partial charge in [-0.05, 0) is 6.92 Å². The number of hydrogen-bond donors (Lipinski definition) is 1. The fourth-order valence-electron chi connectivity index (χ4n) is 0.601. The molecule has 13 heavy (non-hydrogen) atoms. The quantitative estimate of drug-likeness (QED) is 0.447. The molecule has 1 rings (SSSR count). The Morgan fingerprint density at radius 3 is 2.92 bits per heavy atom. The van der Waals surface area contributed by atoms with E-state index in [1.165, 1.54) is 18.7 Å². The fraction of sp³-hybridized carbons (Fsp3) is 0.400. The maximum Gasteiger partial charge on any atom is 1.00 e. The Bertz CT molecular complexity index is 283. The predicted octanol–water partition coefficient (Wildman–Crippen LogP) is -2.43. The molecule has 0 amide bonds. The minimum atomic E-state index is -3.96. The molecule has 1 aromatic heterocycles. The van der Waals surface area contributed by atoms with Crippen molar-refractivity contribution >= 4 is 7.82 Å².